The predicted molar refractivity (Wildman–Crippen MR) is 41.2 cm³/mol. The van der Waals surface area contributed by atoms with Crippen molar-refractivity contribution in [3.05, 3.63) is 0 Å². The SMILES string of the molecule is B.[GeH4].[SiH4].[SnH2]. The van der Waals surface area contributed by atoms with Crippen LogP contribution in [0.1, 0.15) is 0 Å². The summed E-state index contributed by atoms with van der Waals surface area (Å²) >= 11 is 0. The van der Waals surface area contributed by atoms with Crippen LogP contribution in [0.4, 0.5) is 0 Å². The molecule has 0 aliphatic heterocycles. The van der Waals surface area contributed by atoms with Crippen molar-refractivity contribution >= 4 is 60.9 Å². The van der Waals surface area contributed by atoms with E-state index in [1.165, 1.54) is 0 Å². The van der Waals surface area contributed by atoms with E-state index in [1.807, 2.05) is 0 Å². The first kappa shape index (κ1) is 45.6. The second-order valence-corrected chi connectivity index (χ2v) is 0. The molecule has 0 atom stereocenters. The van der Waals surface area contributed by atoms with Crippen LogP contribution < -0.4 is 0 Å². The van der Waals surface area contributed by atoms with Crippen molar-refractivity contribution < 1.29 is 0 Å². The third-order valence-corrected chi connectivity index (χ3v) is 0. The molecule has 4 heteroatoms. The summed E-state index contributed by atoms with van der Waals surface area (Å²) in [5.41, 5.74) is 0. The van der Waals surface area contributed by atoms with E-state index in [2.05, 4.69) is 0 Å². The molecule has 0 bridgehead atoms. The van der Waals surface area contributed by atoms with E-state index >= 15 is 0 Å². The molecule has 0 heterocycles. The Morgan fingerprint density at radius 3 is 1.00 bits per heavy atom. The van der Waals surface area contributed by atoms with Crippen molar-refractivity contribution in [1.82, 2.24) is 0 Å². The van der Waals surface area contributed by atoms with E-state index in [4.69, 9.17) is 0 Å². The molecule has 0 aromatic heterocycles. The summed E-state index contributed by atoms with van der Waals surface area (Å²) in [5, 5.41) is 0. The second-order valence-electron chi connectivity index (χ2n) is 0. The molecule has 28 valence electrons. The third kappa shape index (κ3) is 9.46. The molecule has 0 saturated carbocycles. The standard InChI is InChI=1S/BH3.GeH4.H4Si.Sn.2H/h1H3;2*1H4;;;. The normalized spacial score (nSPS) is 0. The molecule has 0 nitrogen and oxygen atoms in total. The average molecular weight is 243 g/mol. The van der Waals surface area contributed by atoms with E-state index in [-0.39, 0.29) is 60.9 Å². The molecule has 0 fully saturated rings. The van der Waals surface area contributed by atoms with Gasteiger partial charge in [0.15, 0.2) is 0 Å². The molecule has 4 heavy (non-hydrogen) atoms. The van der Waals surface area contributed by atoms with Crippen LogP contribution in [0, 0.1) is 0 Å². The topological polar surface area (TPSA) is 0 Å². The Bertz CT molecular complexity index is 8.00. The molecule has 0 amide bonds. The molecule has 0 spiro atoms. The zero-order chi connectivity index (χ0) is 0. The molecular weight excluding hydrogens is 230 g/mol. The average Bonchev–Trinajstić information content (AvgIpc) is 0. The summed E-state index contributed by atoms with van der Waals surface area (Å²) in [6, 6.07) is 0. The van der Waals surface area contributed by atoms with E-state index in [0.717, 1.165) is 0 Å². The summed E-state index contributed by atoms with van der Waals surface area (Å²) in [6.45, 7) is 0. The van der Waals surface area contributed by atoms with Gasteiger partial charge >= 0.3 is 41.5 Å². The molecular formula is H13BGeSiSn. The van der Waals surface area contributed by atoms with E-state index in [9.17, 15) is 0 Å². The monoisotopic (exact) mass is 246 g/mol. The molecule has 0 aliphatic rings. The zero-order valence-corrected chi connectivity index (χ0v) is 4.74. The Labute approximate surface area is 60.6 Å². The summed E-state index contributed by atoms with van der Waals surface area (Å²) < 4.78 is 0. The molecule has 0 aliphatic carbocycles. The number of hydrogen-bond donors (Lipinski definition) is 0. The van der Waals surface area contributed by atoms with Gasteiger partial charge in [0, 0.05) is 0 Å². The van der Waals surface area contributed by atoms with E-state index < -0.39 is 0 Å². The molecule has 0 rings (SSSR count). The first-order chi connectivity index (χ1) is 0. The van der Waals surface area contributed by atoms with Crippen LogP contribution in [-0.2, 0) is 0 Å². The van der Waals surface area contributed by atoms with Gasteiger partial charge < -0.3 is 0 Å². The summed E-state index contributed by atoms with van der Waals surface area (Å²) in [5.74, 6) is 0. The quantitative estimate of drug-likeness (QED) is 0.374. The third-order valence-electron chi connectivity index (χ3n) is 0. The van der Waals surface area contributed by atoms with Crippen molar-refractivity contribution in [2.75, 3.05) is 0 Å². The van der Waals surface area contributed by atoms with Crippen molar-refractivity contribution in [3.8, 4) is 0 Å². The number of rotatable bonds is 0. The van der Waals surface area contributed by atoms with Gasteiger partial charge in [-0.15, -0.1) is 0 Å². The van der Waals surface area contributed by atoms with Crippen LogP contribution in [-0.4, -0.2) is 60.9 Å². The Kier molecular flexibility index (Phi) is 263. The van der Waals surface area contributed by atoms with Crippen LogP contribution >= 0.6 is 0 Å². The zero-order valence-electron chi connectivity index (χ0n) is 0.707. The van der Waals surface area contributed by atoms with Crippen molar-refractivity contribution in [2.24, 2.45) is 0 Å². The van der Waals surface area contributed by atoms with Crippen LogP contribution in [0.2, 0.25) is 0 Å². The van der Waals surface area contributed by atoms with Crippen LogP contribution in [0.15, 0.2) is 0 Å². The predicted octanol–water partition coefficient (Wildman–Crippen LogP) is -5.00. The molecule has 0 N–H and O–H groups in total. The summed E-state index contributed by atoms with van der Waals surface area (Å²) in [7, 11) is 0. The first-order valence-electron chi connectivity index (χ1n) is 0. The molecule has 0 aromatic rings. The van der Waals surface area contributed by atoms with Gasteiger partial charge in [0.2, 0.25) is 0 Å². The Morgan fingerprint density at radius 1 is 1.00 bits per heavy atom. The second kappa shape index (κ2) is 23.0. The van der Waals surface area contributed by atoms with Crippen LogP contribution in [0.3, 0.4) is 0 Å². The maximum absolute atomic E-state index is 0. The van der Waals surface area contributed by atoms with Crippen LogP contribution in [0.5, 0.6) is 0 Å². The Balaban J connectivity index is 0. The van der Waals surface area contributed by atoms with Crippen molar-refractivity contribution in [1.29, 1.82) is 0 Å². The fourth-order valence-corrected chi connectivity index (χ4v) is 0. The maximum atomic E-state index is 0. The molecule has 0 unspecified atom stereocenters. The van der Waals surface area contributed by atoms with Crippen molar-refractivity contribution in [2.45, 2.75) is 0 Å². The molecule has 2 radical (unpaired) electrons. The fraction of sp³-hybridized carbons (Fsp3) is 0. The minimum absolute atomic E-state index is 0. The summed E-state index contributed by atoms with van der Waals surface area (Å²) in [4.78, 5) is 0. The van der Waals surface area contributed by atoms with Gasteiger partial charge in [0.25, 0.3) is 0 Å². The molecule has 0 aromatic carbocycles. The number of hydrogen-bond acceptors (Lipinski definition) is 0. The summed E-state index contributed by atoms with van der Waals surface area (Å²) in [6.07, 6.45) is 0. The minimum atomic E-state index is 0. The van der Waals surface area contributed by atoms with E-state index in [0.29, 0.717) is 0 Å². The van der Waals surface area contributed by atoms with Gasteiger partial charge in [-0.2, -0.15) is 0 Å². The molecule has 0 saturated heterocycles. The fourth-order valence-electron chi connectivity index (χ4n) is 0. The van der Waals surface area contributed by atoms with Gasteiger partial charge in [0.1, 0.15) is 0 Å². The van der Waals surface area contributed by atoms with Gasteiger partial charge in [-0.25, -0.2) is 0 Å². The van der Waals surface area contributed by atoms with Gasteiger partial charge in [-0.05, 0) is 11.0 Å². The van der Waals surface area contributed by atoms with Crippen molar-refractivity contribution in [3.63, 3.8) is 0 Å². The van der Waals surface area contributed by atoms with Crippen LogP contribution in [0.25, 0.3) is 0 Å². The Hall–Kier alpha value is 1.62. The van der Waals surface area contributed by atoms with E-state index in [1.54, 1.807) is 0 Å². The van der Waals surface area contributed by atoms with Gasteiger partial charge in [-0.3, -0.25) is 0 Å². The first-order valence-corrected chi connectivity index (χ1v) is 0. The Morgan fingerprint density at radius 2 is 1.00 bits per heavy atom. The van der Waals surface area contributed by atoms with Gasteiger partial charge in [-0.1, -0.05) is 0 Å². The van der Waals surface area contributed by atoms with Gasteiger partial charge in [0.05, 0.1) is 8.41 Å².